The van der Waals surface area contributed by atoms with Crippen LogP contribution < -0.4 is 11.1 Å². The van der Waals surface area contributed by atoms with E-state index in [9.17, 15) is 4.79 Å². The van der Waals surface area contributed by atoms with Crippen LogP contribution in [-0.4, -0.2) is 19.1 Å². The van der Waals surface area contributed by atoms with Crippen LogP contribution in [0.15, 0.2) is 24.3 Å². The maximum atomic E-state index is 11.4. The van der Waals surface area contributed by atoms with E-state index < -0.39 is 0 Å². The summed E-state index contributed by atoms with van der Waals surface area (Å²) in [6.45, 7) is 1.80. The minimum absolute atomic E-state index is 0.0496. The number of hydrogen-bond donors (Lipinski definition) is 2. The monoisotopic (exact) mass is 234 g/mol. The van der Waals surface area contributed by atoms with E-state index in [1.165, 1.54) is 18.2 Å². The van der Waals surface area contributed by atoms with Crippen molar-refractivity contribution in [3.63, 3.8) is 0 Å². The van der Waals surface area contributed by atoms with Crippen LogP contribution in [0, 0.1) is 0 Å². The molecule has 1 aromatic rings. The van der Waals surface area contributed by atoms with Crippen LogP contribution in [0.2, 0.25) is 0 Å². The Morgan fingerprint density at radius 1 is 1.47 bits per heavy atom. The van der Waals surface area contributed by atoms with Crippen LogP contribution in [-0.2, 0) is 9.53 Å². The smallest absolute Gasteiger partial charge is 0.322 e. The van der Waals surface area contributed by atoms with Crippen molar-refractivity contribution in [2.45, 2.75) is 31.5 Å². The number of nitrogens with one attached hydrogen (secondary N) is 1. The molecule has 0 aliphatic heterocycles. The third kappa shape index (κ3) is 2.33. The molecule has 3 N–H and O–H groups in total. The molecule has 0 bridgehead atoms. The molecule has 0 spiro atoms. The minimum Gasteiger partial charge on any atom is -0.468 e. The molecule has 1 aromatic carbocycles. The summed E-state index contributed by atoms with van der Waals surface area (Å²) in [6, 6.07) is 7.96. The van der Waals surface area contributed by atoms with Crippen LogP contribution >= 0.6 is 0 Å². The first-order valence-corrected chi connectivity index (χ1v) is 5.81. The van der Waals surface area contributed by atoms with Gasteiger partial charge in [-0.25, -0.2) is 0 Å². The Kier molecular flexibility index (Phi) is 3.45. The van der Waals surface area contributed by atoms with Crippen LogP contribution in [0.3, 0.4) is 0 Å². The average molecular weight is 234 g/mol. The molecule has 2 rings (SSSR count). The van der Waals surface area contributed by atoms with Crippen molar-refractivity contribution >= 4 is 5.97 Å². The van der Waals surface area contributed by atoms with E-state index in [2.05, 4.69) is 11.4 Å². The molecule has 4 nitrogen and oxygen atoms in total. The van der Waals surface area contributed by atoms with E-state index in [-0.39, 0.29) is 24.1 Å². The van der Waals surface area contributed by atoms with Crippen molar-refractivity contribution in [1.82, 2.24) is 5.32 Å². The summed E-state index contributed by atoms with van der Waals surface area (Å²) >= 11 is 0. The minimum atomic E-state index is -0.316. The van der Waals surface area contributed by atoms with Gasteiger partial charge in [0.05, 0.1) is 7.11 Å². The number of carbonyl (C=O) groups is 1. The molecule has 0 saturated heterocycles. The molecule has 0 saturated carbocycles. The van der Waals surface area contributed by atoms with Gasteiger partial charge in [0.2, 0.25) is 0 Å². The Hall–Kier alpha value is -1.39. The Balaban J connectivity index is 2.12. The fourth-order valence-electron chi connectivity index (χ4n) is 2.38. The van der Waals surface area contributed by atoms with Gasteiger partial charge in [0, 0.05) is 12.1 Å². The lowest BCUT2D eigenvalue weighted by Gasteiger charge is -2.18. The second-order valence-electron chi connectivity index (χ2n) is 4.44. The zero-order valence-electron chi connectivity index (χ0n) is 10.1. The number of esters is 1. The van der Waals surface area contributed by atoms with Crippen molar-refractivity contribution in [2.24, 2.45) is 5.73 Å². The number of carbonyl (C=O) groups excluding carboxylic acids is 1. The second kappa shape index (κ2) is 4.85. The first kappa shape index (κ1) is 12.1. The Morgan fingerprint density at radius 2 is 2.12 bits per heavy atom. The molecule has 0 radical (unpaired) electrons. The Bertz CT molecular complexity index is 420. The Labute approximate surface area is 101 Å². The molecule has 0 amide bonds. The SMILES string of the molecule is COC(=O)[C@H](C)NC1CC(N)c2ccccc21. The third-order valence-electron chi connectivity index (χ3n) is 3.27. The highest BCUT2D eigenvalue weighted by Crippen LogP contribution is 2.37. The summed E-state index contributed by atoms with van der Waals surface area (Å²) in [7, 11) is 1.40. The third-order valence-corrected chi connectivity index (χ3v) is 3.27. The van der Waals surface area contributed by atoms with E-state index in [1.54, 1.807) is 6.92 Å². The molecular weight excluding hydrogens is 216 g/mol. The zero-order chi connectivity index (χ0) is 12.4. The molecule has 0 aromatic heterocycles. The normalized spacial score (nSPS) is 24.2. The first-order valence-electron chi connectivity index (χ1n) is 5.81. The molecule has 3 atom stereocenters. The number of ether oxygens (including phenoxy) is 1. The maximum absolute atomic E-state index is 11.4. The fourth-order valence-corrected chi connectivity index (χ4v) is 2.38. The van der Waals surface area contributed by atoms with Gasteiger partial charge in [0.25, 0.3) is 0 Å². The van der Waals surface area contributed by atoms with Gasteiger partial charge in [0.1, 0.15) is 6.04 Å². The number of nitrogens with two attached hydrogens (primary N) is 1. The van der Waals surface area contributed by atoms with Gasteiger partial charge in [0.15, 0.2) is 0 Å². The highest BCUT2D eigenvalue weighted by molar-refractivity contribution is 5.75. The fraction of sp³-hybridized carbons (Fsp3) is 0.462. The van der Waals surface area contributed by atoms with Gasteiger partial charge in [-0.05, 0) is 24.5 Å². The van der Waals surface area contributed by atoms with Gasteiger partial charge < -0.3 is 10.5 Å². The lowest BCUT2D eigenvalue weighted by molar-refractivity contribution is -0.142. The summed E-state index contributed by atoms with van der Waals surface area (Å²) in [4.78, 5) is 11.4. The zero-order valence-corrected chi connectivity index (χ0v) is 10.1. The van der Waals surface area contributed by atoms with Gasteiger partial charge in [-0.3, -0.25) is 10.1 Å². The van der Waals surface area contributed by atoms with E-state index in [4.69, 9.17) is 10.5 Å². The van der Waals surface area contributed by atoms with Gasteiger partial charge in [-0.15, -0.1) is 0 Å². The van der Waals surface area contributed by atoms with Crippen molar-refractivity contribution < 1.29 is 9.53 Å². The lowest BCUT2D eigenvalue weighted by Crippen LogP contribution is -2.37. The largest absolute Gasteiger partial charge is 0.468 e. The van der Waals surface area contributed by atoms with Crippen LogP contribution in [0.5, 0.6) is 0 Å². The molecule has 0 fully saturated rings. The summed E-state index contributed by atoms with van der Waals surface area (Å²) in [5.41, 5.74) is 8.42. The van der Waals surface area contributed by atoms with E-state index in [0.29, 0.717) is 0 Å². The van der Waals surface area contributed by atoms with Gasteiger partial charge >= 0.3 is 5.97 Å². The van der Waals surface area contributed by atoms with Crippen LogP contribution in [0.1, 0.15) is 36.6 Å². The second-order valence-corrected chi connectivity index (χ2v) is 4.44. The number of methoxy groups -OCH3 is 1. The van der Waals surface area contributed by atoms with Crippen molar-refractivity contribution in [1.29, 1.82) is 0 Å². The van der Waals surface area contributed by atoms with Crippen molar-refractivity contribution in [3.05, 3.63) is 35.4 Å². The average Bonchev–Trinajstić information content (AvgIpc) is 2.66. The first-order chi connectivity index (χ1) is 8.13. The van der Waals surface area contributed by atoms with Gasteiger partial charge in [-0.1, -0.05) is 24.3 Å². The predicted molar refractivity (Wildman–Crippen MR) is 65.3 cm³/mol. The highest BCUT2D eigenvalue weighted by atomic mass is 16.5. The summed E-state index contributed by atoms with van der Waals surface area (Å²) < 4.78 is 4.70. The van der Waals surface area contributed by atoms with E-state index in [1.807, 2.05) is 18.2 Å². The lowest BCUT2D eigenvalue weighted by atomic mass is 10.1. The molecule has 17 heavy (non-hydrogen) atoms. The molecule has 1 aliphatic rings. The maximum Gasteiger partial charge on any atom is 0.322 e. The van der Waals surface area contributed by atoms with Crippen molar-refractivity contribution in [3.8, 4) is 0 Å². The molecular formula is C13H18N2O2. The molecule has 2 unspecified atom stereocenters. The summed E-state index contributed by atoms with van der Waals surface area (Å²) in [5.74, 6) is -0.247. The predicted octanol–water partition coefficient (Wildman–Crippen LogP) is 1.28. The quantitative estimate of drug-likeness (QED) is 0.773. The number of fused-ring (bicyclic) bond motifs is 1. The molecule has 1 aliphatic carbocycles. The molecule has 4 heteroatoms. The van der Waals surface area contributed by atoms with Crippen LogP contribution in [0.25, 0.3) is 0 Å². The van der Waals surface area contributed by atoms with Crippen molar-refractivity contribution in [2.75, 3.05) is 7.11 Å². The molecule has 0 heterocycles. The number of benzene rings is 1. The number of hydrogen-bond acceptors (Lipinski definition) is 4. The van der Waals surface area contributed by atoms with Gasteiger partial charge in [-0.2, -0.15) is 0 Å². The summed E-state index contributed by atoms with van der Waals surface area (Å²) in [6.07, 6.45) is 0.820. The topological polar surface area (TPSA) is 64.3 Å². The summed E-state index contributed by atoms with van der Waals surface area (Å²) in [5, 5.41) is 3.26. The number of rotatable bonds is 3. The Morgan fingerprint density at radius 3 is 2.76 bits per heavy atom. The molecule has 92 valence electrons. The van der Waals surface area contributed by atoms with Crippen LogP contribution in [0.4, 0.5) is 0 Å². The highest BCUT2D eigenvalue weighted by Gasteiger charge is 2.30. The van der Waals surface area contributed by atoms with E-state index >= 15 is 0 Å². The standard InChI is InChI=1S/C13H18N2O2/c1-8(13(16)17-2)15-12-7-11(14)9-5-3-4-6-10(9)12/h3-6,8,11-12,15H,7,14H2,1-2H3/t8-,11?,12?/m0/s1. The van der Waals surface area contributed by atoms with E-state index in [0.717, 1.165) is 6.42 Å².